The lowest BCUT2D eigenvalue weighted by molar-refractivity contribution is 0.324. The van der Waals surface area contributed by atoms with Crippen molar-refractivity contribution in [3.63, 3.8) is 0 Å². The van der Waals surface area contributed by atoms with Crippen LogP contribution < -0.4 is 19.3 Å². The van der Waals surface area contributed by atoms with E-state index >= 15 is 0 Å². The van der Waals surface area contributed by atoms with Crippen LogP contribution in [0.1, 0.15) is 0 Å². The molecule has 128 valence electrons. The van der Waals surface area contributed by atoms with Gasteiger partial charge in [0.1, 0.15) is 0 Å². The number of rotatable bonds is 5. The molecule has 0 aliphatic heterocycles. The lowest BCUT2D eigenvalue weighted by atomic mass is 10.1. The van der Waals surface area contributed by atoms with Gasteiger partial charge in [-0.05, 0) is 12.1 Å². The molecular weight excluding hydrogens is 356 g/mol. The van der Waals surface area contributed by atoms with Gasteiger partial charge in [-0.1, -0.05) is 11.3 Å². The first-order valence-corrected chi connectivity index (χ1v) is 8.93. The summed E-state index contributed by atoms with van der Waals surface area (Å²) in [7, 11) is 0.708. The van der Waals surface area contributed by atoms with Gasteiger partial charge in [-0.2, -0.15) is 0 Å². The van der Waals surface area contributed by atoms with E-state index < -0.39 is 10.0 Å². The number of fused-ring (bicyclic) bond motifs is 1. The van der Waals surface area contributed by atoms with Crippen LogP contribution in [0, 0.1) is 0 Å². The van der Waals surface area contributed by atoms with Crippen molar-refractivity contribution in [3.05, 3.63) is 18.3 Å². The van der Waals surface area contributed by atoms with Crippen LogP contribution >= 0.6 is 11.3 Å². The second kappa shape index (κ2) is 5.92. The van der Waals surface area contributed by atoms with Gasteiger partial charge in [-0.3, -0.25) is 0 Å². The van der Waals surface area contributed by atoms with Gasteiger partial charge in [-0.15, -0.1) is 5.10 Å². The van der Waals surface area contributed by atoms with Crippen LogP contribution in [0.25, 0.3) is 16.2 Å². The van der Waals surface area contributed by atoms with Crippen molar-refractivity contribution in [1.29, 1.82) is 0 Å². The highest BCUT2D eigenvalue weighted by Gasteiger charge is 2.19. The van der Waals surface area contributed by atoms with Crippen LogP contribution in [0.4, 0.5) is 0 Å². The van der Waals surface area contributed by atoms with Crippen molar-refractivity contribution < 1.29 is 22.6 Å². The van der Waals surface area contributed by atoms with Crippen LogP contribution in [0.3, 0.4) is 0 Å². The van der Waals surface area contributed by atoms with Crippen LogP contribution in [0.15, 0.2) is 22.7 Å². The average Bonchev–Trinajstić information content (AvgIpc) is 3.11. The van der Waals surface area contributed by atoms with E-state index in [4.69, 9.17) is 19.3 Å². The van der Waals surface area contributed by atoms with Gasteiger partial charge in [-0.25, -0.2) is 23.1 Å². The molecule has 0 fully saturated rings. The standard InChI is InChI=1S/C13H14N4O5S2/c1-20-9-4-7(5-10(21-2)11(9)22-3)8-6-17-12(15-8)23-13(16-17)24(14,18)19/h4-6H,1-3H3,(H2,14,18,19). The second-order valence-electron chi connectivity index (χ2n) is 4.68. The summed E-state index contributed by atoms with van der Waals surface area (Å²) in [5.74, 6) is 1.45. The number of hydrogen-bond acceptors (Lipinski definition) is 8. The quantitative estimate of drug-likeness (QED) is 0.715. The fraction of sp³-hybridized carbons (Fsp3) is 0.231. The molecule has 0 spiro atoms. The van der Waals surface area contributed by atoms with Crippen LogP contribution in [-0.2, 0) is 10.0 Å². The molecule has 3 aromatic rings. The molecular formula is C13H14N4O5S2. The molecule has 0 bridgehead atoms. The van der Waals surface area contributed by atoms with E-state index in [-0.39, 0.29) is 4.34 Å². The number of sulfonamides is 1. The molecule has 2 N–H and O–H groups in total. The lowest BCUT2D eigenvalue weighted by Crippen LogP contribution is -2.12. The molecule has 2 aromatic heterocycles. The van der Waals surface area contributed by atoms with Gasteiger partial charge in [0.15, 0.2) is 11.5 Å². The van der Waals surface area contributed by atoms with Crippen molar-refractivity contribution in [2.75, 3.05) is 21.3 Å². The fourth-order valence-electron chi connectivity index (χ4n) is 2.16. The number of aromatic nitrogens is 3. The summed E-state index contributed by atoms with van der Waals surface area (Å²) in [6.45, 7) is 0. The van der Waals surface area contributed by atoms with Gasteiger partial charge in [0.25, 0.3) is 10.0 Å². The predicted octanol–water partition coefficient (Wildman–Crippen LogP) is 1.13. The molecule has 24 heavy (non-hydrogen) atoms. The van der Waals surface area contributed by atoms with Crippen molar-refractivity contribution in [2.24, 2.45) is 5.14 Å². The molecule has 0 amide bonds. The van der Waals surface area contributed by atoms with E-state index in [2.05, 4.69) is 10.1 Å². The number of hydrogen-bond donors (Lipinski definition) is 1. The Kier molecular flexibility index (Phi) is 4.07. The van der Waals surface area contributed by atoms with E-state index in [0.29, 0.717) is 33.5 Å². The number of methoxy groups -OCH3 is 3. The number of nitrogens with zero attached hydrogens (tertiary/aromatic N) is 3. The summed E-state index contributed by atoms with van der Waals surface area (Å²) in [4.78, 5) is 4.78. The molecule has 11 heteroatoms. The third kappa shape index (κ3) is 2.77. The fourth-order valence-corrected chi connectivity index (χ4v) is 3.67. The van der Waals surface area contributed by atoms with Crippen LogP contribution in [0.2, 0.25) is 0 Å². The first kappa shape index (κ1) is 16.5. The zero-order valence-corrected chi connectivity index (χ0v) is 14.6. The topological polar surface area (TPSA) is 118 Å². The highest BCUT2D eigenvalue weighted by Crippen LogP contribution is 2.41. The Labute approximate surface area is 141 Å². The van der Waals surface area contributed by atoms with Crippen molar-refractivity contribution in [1.82, 2.24) is 14.6 Å². The molecule has 2 heterocycles. The Morgan fingerprint density at radius 2 is 1.75 bits per heavy atom. The van der Waals surface area contributed by atoms with E-state index in [1.807, 2.05) is 0 Å². The molecule has 0 radical (unpaired) electrons. The zero-order chi connectivity index (χ0) is 17.5. The maximum atomic E-state index is 11.3. The summed E-state index contributed by atoms with van der Waals surface area (Å²) in [6, 6.07) is 3.49. The maximum Gasteiger partial charge on any atom is 0.267 e. The predicted molar refractivity (Wildman–Crippen MR) is 87.3 cm³/mol. The number of benzene rings is 1. The third-order valence-electron chi connectivity index (χ3n) is 3.23. The van der Waals surface area contributed by atoms with Crippen molar-refractivity contribution in [2.45, 2.75) is 4.34 Å². The van der Waals surface area contributed by atoms with E-state index in [1.54, 1.807) is 18.3 Å². The molecule has 0 saturated carbocycles. The largest absolute Gasteiger partial charge is 0.493 e. The van der Waals surface area contributed by atoms with Gasteiger partial charge >= 0.3 is 0 Å². The summed E-state index contributed by atoms with van der Waals surface area (Å²) < 4.78 is 39.7. The van der Waals surface area contributed by atoms with Gasteiger partial charge in [0.05, 0.1) is 33.2 Å². The second-order valence-corrected chi connectivity index (χ2v) is 7.37. The van der Waals surface area contributed by atoms with Gasteiger partial charge < -0.3 is 14.2 Å². The Morgan fingerprint density at radius 3 is 2.21 bits per heavy atom. The van der Waals surface area contributed by atoms with Crippen molar-refractivity contribution in [3.8, 4) is 28.5 Å². The van der Waals surface area contributed by atoms with E-state index in [9.17, 15) is 8.42 Å². The highest BCUT2D eigenvalue weighted by atomic mass is 32.2. The third-order valence-corrected chi connectivity index (χ3v) is 5.46. The number of imidazole rings is 1. The number of nitrogens with two attached hydrogens (primary N) is 1. The summed E-state index contributed by atoms with van der Waals surface area (Å²) in [5.41, 5.74) is 1.29. The highest BCUT2D eigenvalue weighted by molar-refractivity contribution is 7.91. The molecule has 0 atom stereocenters. The molecule has 9 nitrogen and oxygen atoms in total. The normalized spacial score (nSPS) is 11.7. The first-order valence-electron chi connectivity index (χ1n) is 6.56. The Morgan fingerprint density at radius 1 is 1.12 bits per heavy atom. The zero-order valence-electron chi connectivity index (χ0n) is 13.0. The van der Waals surface area contributed by atoms with Crippen LogP contribution in [-0.4, -0.2) is 44.3 Å². The number of primary sulfonamides is 1. The summed E-state index contributed by atoms with van der Waals surface area (Å²) >= 11 is 0.888. The molecule has 0 saturated heterocycles. The molecule has 0 aliphatic carbocycles. The SMILES string of the molecule is COc1cc(-c2cn3nc(S(N)(=O)=O)sc3n2)cc(OC)c1OC. The Bertz CT molecular complexity index is 952. The molecule has 1 aromatic carbocycles. The van der Waals surface area contributed by atoms with Crippen molar-refractivity contribution >= 4 is 26.3 Å². The minimum absolute atomic E-state index is 0.193. The number of ether oxygens (including phenoxy) is 3. The maximum absolute atomic E-state index is 11.3. The Balaban J connectivity index is 2.11. The Hall–Kier alpha value is -2.37. The van der Waals surface area contributed by atoms with Gasteiger partial charge in [0.2, 0.25) is 15.1 Å². The lowest BCUT2D eigenvalue weighted by Gasteiger charge is -2.13. The monoisotopic (exact) mass is 370 g/mol. The first-order chi connectivity index (χ1) is 11.4. The minimum atomic E-state index is -3.85. The van der Waals surface area contributed by atoms with Crippen LogP contribution in [0.5, 0.6) is 17.2 Å². The summed E-state index contributed by atoms with van der Waals surface area (Å²) in [6.07, 6.45) is 1.60. The minimum Gasteiger partial charge on any atom is -0.493 e. The smallest absolute Gasteiger partial charge is 0.267 e. The molecule has 0 aliphatic rings. The van der Waals surface area contributed by atoms with Gasteiger partial charge in [0, 0.05) is 5.56 Å². The summed E-state index contributed by atoms with van der Waals surface area (Å²) in [5, 5.41) is 8.99. The van der Waals surface area contributed by atoms with E-state index in [1.165, 1.54) is 25.8 Å². The molecule has 0 unspecified atom stereocenters. The average molecular weight is 370 g/mol. The van der Waals surface area contributed by atoms with E-state index in [0.717, 1.165) is 11.3 Å². The molecule has 3 rings (SSSR count).